The van der Waals surface area contributed by atoms with Crippen LogP contribution in [-0.4, -0.2) is 53.2 Å². The summed E-state index contributed by atoms with van der Waals surface area (Å²) in [6.07, 6.45) is -2.88. The first-order valence-electron chi connectivity index (χ1n) is 8.29. The maximum Gasteiger partial charge on any atom is 0.335 e. The van der Waals surface area contributed by atoms with E-state index < -0.39 is 39.4 Å². The van der Waals surface area contributed by atoms with E-state index >= 15 is 0 Å². The van der Waals surface area contributed by atoms with E-state index in [4.69, 9.17) is 16.3 Å². The van der Waals surface area contributed by atoms with E-state index in [1.54, 1.807) is 0 Å². The molecule has 0 aliphatic carbocycles. The summed E-state index contributed by atoms with van der Waals surface area (Å²) < 4.78 is 74.0. The summed E-state index contributed by atoms with van der Waals surface area (Å²) in [5, 5.41) is 6.11. The molecule has 0 spiro atoms. The quantitative estimate of drug-likeness (QED) is 0.572. The summed E-state index contributed by atoms with van der Waals surface area (Å²) in [6, 6.07) is 2.26. The number of rotatable bonds is 6. The number of aromatic nitrogens is 4. The van der Waals surface area contributed by atoms with Gasteiger partial charge >= 0.3 is 5.69 Å². The molecule has 1 fully saturated rings. The van der Waals surface area contributed by atoms with E-state index in [1.807, 2.05) is 0 Å². The van der Waals surface area contributed by atoms with E-state index in [2.05, 4.69) is 14.9 Å². The Labute approximate surface area is 176 Å². The van der Waals surface area contributed by atoms with Crippen LogP contribution >= 0.6 is 22.9 Å². The fourth-order valence-electron chi connectivity index (χ4n) is 3.01. The van der Waals surface area contributed by atoms with Crippen molar-refractivity contribution in [3.05, 3.63) is 32.6 Å². The number of ether oxygens (including phenoxy) is 1. The molecule has 1 saturated heterocycles. The van der Waals surface area contributed by atoms with Crippen LogP contribution in [0, 0.1) is 0 Å². The zero-order chi connectivity index (χ0) is 21.8. The Morgan fingerprint density at radius 2 is 2.07 bits per heavy atom. The second-order valence-electron chi connectivity index (χ2n) is 6.69. The topological polar surface area (TPSA) is 108 Å². The molecule has 15 heteroatoms. The van der Waals surface area contributed by atoms with Crippen molar-refractivity contribution in [3.8, 4) is 5.13 Å². The molecule has 3 heterocycles. The first kappa shape index (κ1) is 21.2. The molecule has 1 aromatic carbocycles. The minimum absolute atomic E-state index is 0.0199. The van der Waals surface area contributed by atoms with Gasteiger partial charge in [-0.25, -0.2) is 31.0 Å². The van der Waals surface area contributed by atoms with Gasteiger partial charge in [-0.3, -0.25) is 4.57 Å². The molecule has 1 aliphatic rings. The van der Waals surface area contributed by atoms with Crippen molar-refractivity contribution in [1.29, 1.82) is 0 Å². The van der Waals surface area contributed by atoms with Crippen LogP contribution in [-0.2, 0) is 21.8 Å². The molecule has 1 N–H and O–H groups in total. The smallest absolute Gasteiger partial charge is 0.335 e. The highest BCUT2D eigenvalue weighted by molar-refractivity contribution is 7.89. The predicted octanol–water partition coefficient (Wildman–Crippen LogP) is 1.79. The molecule has 0 amide bonds. The van der Waals surface area contributed by atoms with Crippen LogP contribution in [0.5, 0.6) is 0 Å². The molecule has 162 valence electrons. The molecule has 0 atom stereocenters. The lowest BCUT2D eigenvalue weighted by Crippen LogP contribution is -2.63. The van der Waals surface area contributed by atoms with Crippen molar-refractivity contribution in [2.45, 2.75) is 16.9 Å². The Morgan fingerprint density at radius 1 is 1.37 bits per heavy atom. The van der Waals surface area contributed by atoms with Gasteiger partial charge in [-0.1, -0.05) is 22.9 Å². The van der Waals surface area contributed by atoms with E-state index in [9.17, 15) is 26.4 Å². The number of nitrogens with zero attached hydrogens (tertiary/aromatic N) is 4. The van der Waals surface area contributed by atoms with Crippen LogP contribution in [0.2, 0.25) is 5.02 Å². The second-order valence-corrected chi connectivity index (χ2v) is 9.76. The van der Waals surface area contributed by atoms with Crippen molar-refractivity contribution >= 4 is 44.0 Å². The molecule has 9 nitrogen and oxygen atoms in total. The molecule has 0 radical (unpaired) electrons. The van der Waals surface area contributed by atoms with Gasteiger partial charge in [0, 0.05) is 7.05 Å². The lowest BCUT2D eigenvalue weighted by Gasteiger charge is -2.39. The number of sulfonamides is 1. The number of halogens is 4. The van der Waals surface area contributed by atoms with Crippen LogP contribution in [0.25, 0.3) is 16.2 Å². The molecule has 2 aromatic heterocycles. The van der Waals surface area contributed by atoms with E-state index in [0.29, 0.717) is 11.3 Å². The van der Waals surface area contributed by atoms with Gasteiger partial charge < -0.3 is 4.74 Å². The largest absolute Gasteiger partial charge is 0.377 e. The zero-order valence-electron chi connectivity index (χ0n) is 15.1. The maximum atomic E-state index is 13.3. The van der Waals surface area contributed by atoms with Crippen LogP contribution in [0.4, 0.5) is 13.2 Å². The number of aryl methyl sites for hydroxylation is 1. The summed E-state index contributed by atoms with van der Waals surface area (Å²) in [5.41, 5.74) is -1.87. The third-order valence-electron chi connectivity index (χ3n) is 4.55. The number of fused-ring (bicyclic) bond motifs is 1. The minimum Gasteiger partial charge on any atom is -0.377 e. The van der Waals surface area contributed by atoms with Crippen molar-refractivity contribution in [1.82, 2.24) is 24.1 Å². The van der Waals surface area contributed by atoms with Crippen LogP contribution < -0.4 is 10.4 Å². The van der Waals surface area contributed by atoms with Gasteiger partial charge in [0.15, 0.2) is 5.01 Å². The predicted molar refractivity (Wildman–Crippen MR) is 102 cm³/mol. The van der Waals surface area contributed by atoms with E-state index in [-0.39, 0.29) is 39.3 Å². The van der Waals surface area contributed by atoms with Gasteiger partial charge in [-0.15, -0.1) is 10.2 Å². The second kappa shape index (κ2) is 7.30. The molecule has 30 heavy (non-hydrogen) atoms. The molecule has 0 unspecified atom stereocenters. The maximum absolute atomic E-state index is 13.3. The number of alkyl halides is 3. The van der Waals surface area contributed by atoms with Gasteiger partial charge in [0.25, 0.3) is 6.43 Å². The third-order valence-corrected chi connectivity index (χ3v) is 7.31. The molecule has 1 aliphatic heterocycles. The standard InChI is InChI=1S/C15H13ClF3N5O4S2/c1-23-10-8(16)2-7(30(26,27)22-15(4-17)5-28-6-15)3-9(10)24(14(23)25)13-21-20-12(29-13)11(18)19/h2-3,11,22H,4-6H2,1H3. The van der Waals surface area contributed by atoms with E-state index in [1.165, 1.54) is 7.05 Å². The van der Waals surface area contributed by atoms with Crippen molar-refractivity contribution in [2.75, 3.05) is 19.9 Å². The molecule has 4 rings (SSSR count). The number of nitrogens with one attached hydrogen (secondary N) is 1. The Bertz CT molecular complexity index is 1290. The number of benzene rings is 1. The van der Waals surface area contributed by atoms with Gasteiger partial charge in [0.1, 0.15) is 12.2 Å². The Morgan fingerprint density at radius 3 is 2.60 bits per heavy atom. The number of imidazole rings is 1. The van der Waals surface area contributed by atoms with Gasteiger partial charge in [-0.05, 0) is 12.1 Å². The summed E-state index contributed by atoms with van der Waals surface area (Å²) >= 11 is 6.72. The Kier molecular flexibility index (Phi) is 5.17. The van der Waals surface area contributed by atoms with Crippen LogP contribution in [0.15, 0.2) is 21.8 Å². The monoisotopic (exact) mass is 483 g/mol. The molecular weight excluding hydrogens is 471 g/mol. The lowest BCUT2D eigenvalue weighted by molar-refractivity contribution is -0.0725. The normalized spacial score (nSPS) is 16.3. The molecule has 3 aromatic rings. The summed E-state index contributed by atoms with van der Waals surface area (Å²) in [6.45, 7) is -1.23. The highest BCUT2D eigenvalue weighted by atomic mass is 35.5. The van der Waals surface area contributed by atoms with E-state index in [0.717, 1.165) is 21.3 Å². The van der Waals surface area contributed by atoms with Gasteiger partial charge in [0.2, 0.25) is 15.2 Å². The highest BCUT2D eigenvalue weighted by Crippen LogP contribution is 2.31. The van der Waals surface area contributed by atoms with Crippen molar-refractivity contribution in [2.24, 2.45) is 7.05 Å². The fourth-order valence-corrected chi connectivity index (χ4v) is 5.53. The van der Waals surface area contributed by atoms with Crippen LogP contribution in [0.3, 0.4) is 0 Å². The first-order chi connectivity index (χ1) is 14.1. The summed E-state index contributed by atoms with van der Waals surface area (Å²) in [5.74, 6) is 0. The SMILES string of the molecule is Cn1c(=O)n(-c2nnc(C(F)F)s2)c2cc(S(=O)(=O)NC3(CF)COC3)cc(Cl)c21. The summed E-state index contributed by atoms with van der Waals surface area (Å²) in [4.78, 5) is 12.4. The lowest BCUT2D eigenvalue weighted by atomic mass is 10.0. The van der Waals surface area contributed by atoms with Gasteiger partial charge in [-0.2, -0.15) is 4.72 Å². The fraction of sp³-hybridized carbons (Fsp3) is 0.400. The Hall–Kier alpha value is -2.00. The molecular formula is C15H13ClF3N5O4S2. The van der Waals surface area contributed by atoms with Crippen molar-refractivity contribution in [3.63, 3.8) is 0 Å². The average molecular weight is 484 g/mol. The van der Waals surface area contributed by atoms with Gasteiger partial charge in [0.05, 0.1) is 34.2 Å². The summed E-state index contributed by atoms with van der Waals surface area (Å²) in [7, 11) is -2.86. The average Bonchev–Trinajstić information content (AvgIpc) is 3.22. The highest BCUT2D eigenvalue weighted by Gasteiger charge is 2.43. The zero-order valence-corrected chi connectivity index (χ0v) is 17.5. The molecule has 0 bridgehead atoms. The number of hydrogen-bond acceptors (Lipinski definition) is 7. The number of hydrogen-bond donors (Lipinski definition) is 1. The minimum atomic E-state index is -4.25. The Balaban J connectivity index is 1.89. The van der Waals surface area contributed by atoms with Crippen LogP contribution in [0.1, 0.15) is 11.4 Å². The van der Waals surface area contributed by atoms with Crippen molar-refractivity contribution < 1.29 is 26.3 Å². The molecule has 0 saturated carbocycles. The third kappa shape index (κ3) is 3.32. The first-order valence-corrected chi connectivity index (χ1v) is 11.0.